The molecule has 2 fully saturated rings. The molecule has 4 heteroatoms. The van der Waals surface area contributed by atoms with Crippen LogP contribution in [0.4, 0.5) is 0 Å². The van der Waals surface area contributed by atoms with Crippen LogP contribution in [0.25, 0.3) is 0 Å². The summed E-state index contributed by atoms with van der Waals surface area (Å²) in [5.41, 5.74) is -0.609. The summed E-state index contributed by atoms with van der Waals surface area (Å²) in [6.45, 7) is 10.0. The van der Waals surface area contributed by atoms with Gasteiger partial charge >= 0.3 is 5.97 Å². The smallest absolute Gasteiger partial charge is 0.338 e. The van der Waals surface area contributed by atoms with Crippen molar-refractivity contribution >= 4 is 14.0 Å². The van der Waals surface area contributed by atoms with Crippen molar-refractivity contribution in [3.8, 4) is 0 Å². The van der Waals surface area contributed by atoms with Crippen molar-refractivity contribution in [1.29, 1.82) is 0 Å². The third kappa shape index (κ3) is 2.50. The normalized spacial score (nSPS) is 35.6. The third-order valence-corrected chi connectivity index (χ3v) is 5.81. The van der Waals surface area contributed by atoms with Crippen LogP contribution in [-0.2, 0) is 14.3 Å². The fraction of sp³-hybridized carbons (Fsp3) is 0.929. The molecule has 1 saturated carbocycles. The summed E-state index contributed by atoms with van der Waals surface area (Å²) in [7, 11) is -1.37. The van der Waals surface area contributed by atoms with E-state index >= 15 is 0 Å². The summed E-state index contributed by atoms with van der Waals surface area (Å²) in [4.78, 5) is 12.5. The van der Waals surface area contributed by atoms with Crippen LogP contribution in [0.3, 0.4) is 0 Å². The van der Waals surface area contributed by atoms with E-state index in [9.17, 15) is 4.79 Å². The minimum atomic E-state index is -1.37. The van der Waals surface area contributed by atoms with E-state index in [0.717, 1.165) is 19.1 Å². The molecule has 18 heavy (non-hydrogen) atoms. The quantitative estimate of drug-likeness (QED) is 0.582. The van der Waals surface area contributed by atoms with Gasteiger partial charge in [0.25, 0.3) is 0 Å². The molecule has 1 aliphatic heterocycles. The molecule has 0 N–H and O–H groups in total. The van der Waals surface area contributed by atoms with Gasteiger partial charge in [-0.15, -0.1) is 0 Å². The topological polar surface area (TPSA) is 35.5 Å². The van der Waals surface area contributed by atoms with Crippen molar-refractivity contribution in [1.82, 2.24) is 0 Å². The molecule has 2 aliphatic rings. The highest BCUT2D eigenvalue weighted by Crippen LogP contribution is 2.50. The molecule has 0 radical (unpaired) electrons. The zero-order valence-electron chi connectivity index (χ0n) is 12.1. The maximum absolute atomic E-state index is 12.5. The van der Waals surface area contributed by atoms with Crippen molar-refractivity contribution in [2.24, 2.45) is 11.8 Å². The SMILES string of the molecule is CCOC(=O)C1(C[Si](C)(C)C)OC[C@H]2CCC[C@H]21. The number of hydrogen-bond donors (Lipinski definition) is 0. The van der Waals surface area contributed by atoms with Crippen molar-refractivity contribution in [2.75, 3.05) is 13.2 Å². The van der Waals surface area contributed by atoms with Gasteiger partial charge in [0.1, 0.15) is 0 Å². The number of hydrogen-bond acceptors (Lipinski definition) is 3. The summed E-state index contributed by atoms with van der Waals surface area (Å²) < 4.78 is 11.4. The highest BCUT2D eigenvalue weighted by atomic mass is 28.3. The molecule has 0 aromatic carbocycles. The number of esters is 1. The summed E-state index contributed by atoms with van der Waals surface area (Å²) in [6, 6.07) is 0.903. The summed E-state index contributed by atoms with van der Waals surface area (Å²) in [6.07, 6.45) is 3.59. The van der Waals surface area contributed by atoms with Gasteiger partial charge in [-0.25, -0.2) is 4.79 Å². The lowest BCUT2D eigenvalue weighted by molar-refractivity contribution is -0.168. The Morgan fingerprint density at radius 3 is 2.72 bits per heavy atom. The van der Waals surface area contributed by atoms with E-state index in [-0.39, 0.29) is 5.97 Å². The van der Waals surface area contributed by atoms with Crippen LogP contribution in [0.2, 0.25) is 25.7 Å². The van der Waals surface area contributed by atoms with Gasteiger partial charge in [-0.2, -0.15) is 0 Å². The van der Waals surface area contributed by atoms with Crippen molar-refractivity contribution in [3.63, 3.8) is 0 Å². The second kappa shape index (κ2) is 4.97. The minimum absolute atomic E-state index is 0.0955. The molecule has 3 nitrogen and oxygen atoms in total. The van der Waals surface area contributed by atoms with Gasteiger partial charge in [-0.05, 0) is 31.7 Å². The molecular weight excluding hydrogens is 244 g/mol. The van der Waals surface area contributed by atoms with E-state index in [0.29, 0.717) is 18.4 Å². The van der Waals surface area contributed by atoms with Gasteiger partial charge in [0.15, 0.2) is 5.60 Å². The molecule has 0 aromatic heterocycles. The predicted molar refractivity (Wildman–Crippen MR) is 74.3 cm³/mol. The van der Waals surface area contributed by atoms with E-state index in [1.165, 1.54) is 12.8 Å². The van der Waals surface area contributed by atoms with Crippen LogP contribution in [0, 0.1) is 11.8 Å². The Bertz CT molecular complexity index is 323. The van der Waals surface area contributed by atoms with Gasteiger partial charge in [0, 0.05) is 14.0 Å². The molecular formula is C14H26O3Si. The van der Waals surface area contributed by atoms with E-state index in [1.54, 1.807) is 0 Å². The number of carbonyl (C=O) groups is 1. The highest BCUT2D eigenvalue weighted by molar-refractivity contribution is 6.76. The van der Waals surface area contributed by atoms with Crippen LogP contribution in [0.5, 0.6) is 0 Å². The molecule has 0 amide bonds. The number of ether oxygens (including phenoxy) is 2. The average Bonchev–Trinajstić information content (AvgIpc) is 2.81. The Labute approximate surface area is 111 Å². The average molecular weight is 270 g/mol. The second-order valence-electron chi connectivity index (χ2n) is 6.96. The van der Waals surface area contributed by atoms with Gasteiger partial charge in [0.05, 0.1) is 13.2 Å². The van der Waals surface area contributed by atoms with E-state index in [1.807, 2.05) is 6.92 Å². The second-order valence-corrected chi connectivity index (χ2v) is 12.4. The van der Waals surface area contributed by atoms with Crippen molar-refractivity contribution < 1.29 is 14.3 Å². The molecule has 0 bridgehead atoms. The zero-order chi connectivity index (χ0) is 13.4. The Hall–Kier alpha value is -0.353. The lowest BCUT2D eigenvalue weighted by Crippen LogP contribution is -2.50. The van der Waals surface area contributed by atoms with Crippen LogP contribution in [-0.4, -0.2) is 32.9 Å². The number of rotatable bonds is 4. The van der Waals surface area contributed by atoms with E-state index in [4.69, 9.17) is 9.47 Å². The maximum Gasteiger partial charge on any atom is 0.338 e. The van der Waals surface area contributed by atoms with E-state index in [2.05, 4.69) is 19.6 Å². The Morgan fingerprint density at radius 1 is 1.39 bits per heavy atom. The Kier molecular flexibility index (Phi) is 3.88. The first-order valence-electron chi connectivity index (χ1n) is 7.20. The van der Waals surface area contributed by atoms with Crippen LogP contribution < -0.4 is 0 Å². The summed E-state index contributed by atoms with van der Waals surface area (Å²) >= 11 is 0. The highest BCUT2D eigenvalue weighted by Gasteiger charge is 2.58. The lowest BCUT2D eigenvalue weighted by Gasteiger charge is -2.36. The largest absolute Gasteiger partial charge is 0.464 e. The van der Waals surface area contributed by atoms with Gasteiger partial charge in [-0.1, -0.05) is 26.1 Å². The molecule has 0 aromatic rings. The van der Waals surface area contributed by atoms with Crippen molar-refractivity contribution in [2.45, 2.75) is 57.5 Å². The van der Waals surface area contributed by atoms with Gasteiger partial charge < -0.3 is 9.47 Å². The Morgan fingerprint density at radius 2 is 2.11 bits per heavy atom. The first-order valence-corrected chi connectivity index (χ1v) is 10.9. The summed E-state index contributed by atoms with van der Waals surface area (Å²) in [5, 5.41) is 0. The first kappa shape index (κ1) is 14.1. The zero-order valence-corrected chi connectivity index (χ0v) is 13.1. The molecule has 1 saturated heterocycles. The van der Waals surface area contributed by atoms with Crippen LogP contribution >= 0.6 is 0 Å². The van der Waals surface area contributed by atoms with Crippen LogP contribution in [0.1, 0.15) is 26.2 Å². The Balaban J connectivity index is 2.25. The number of fused-ring (bicyclic) bond motifs is 1. The van der Waals surface area contributed by atoms with Crippen molar-refractivity contribution in [3.05, 3.63) is 0 Å². The monoisotopic (exact) mass is 270 g/mol. The third-order valence-electron chi connectivity index (χ3n) is 4.23. The molecule has 1 heterocycles. The molecule has 104 valence electrons. The fourth-order valence-electron chi connectivity index (χ4n) is 3.72. The molecule has 3 atom stereocenters. The summed E-state index contributed by atoms with van der Waals surface area (Å²) in [5.74, 6) is 0.899. The molecule has 1 unspecified atom stereocenters. The first-order chi connectivity index (χ1) is 8.39. The van der Waals surface area contributed by atoms with Gasteiger partial charge in [0.2, 0.25) is 0 Å². The fourth-order valence-corrected chi connectivity index (χ4v) is 5.80. The molecule has 1 aliphatic carbocycles. The van der Waals surface area contributed by atoms with E-state index < -0.39 is 13.7 Å². The molecule has 2 rings (SSSR count). The molecule has 0 spiro atoms. The van der Waals surface area contributed by atoms with Crippen LogP contribution in [0.15, 0.2) is 0 Å². The van der Waals surface area contributed by atoms with Gasteiger partial charge in [-0.3, -0.25) is 0 Å². The minimum Gasteiger partial charge on any atom is -0.464 e. The predicted octanol–water partition coefficient (Wildman–Crippen LogP) is 3.07. The number of carbonyl (C=O) groups excluding carboxylic acids is 1. The maximum atomic E-state index is 12.5. The standard InChI is InChI=1S/C14H26O3Si/c1-5-16-13(15)14(10-18(2,3)4)12-8-6-7-11(12)9-17-14/h11-12H,5-10H2,1-4H3/t11-,12-,14?/m1/s1. The lowest BCUT2D eigenvalue weighted by atomic mass is 9.84.